The first-order valence-corrected chi connectivity index (χ1v) is 7.76. The zero-order chi connectivity index (χ0) is 17.1. The van der Waals surface area contributed by atoms with E-state index in [1.165, 1.54) is 0 Å². The van der Waals surface area contributed by atoms with E-state index in [1.54, 1.807) is 46.5 Å². The number of hydrogen-bond donors (Lipinski definition) is 1. The Bertz CT molecular complexity index is 713. The van der Waals surface area contributed by atoms with Crippen molar-refractivity contribution in [3.05, 3.63) is 42.6 Å². The van der Waals surface area contributed by atoms with Gasteiger partial charge >= 0.3 is 0 Å². The predicted octanol–water partition coefficient (Wildman–Crippen LogP) is -0.244. The largest absolute Gasteiger partial charge is 0.369 e. The third kappa shape index (κ3) is 3.43. The van der Waals surface area contributed by atoms with E-state index in [2.05, 4.69) is 9.97 Å². The molecule has 1 aliphatic heterocycles. The van der Waals surface area contributed by atoms with Gasteiger partial charge in [0.05, 0.1) is 11.5 Å². The van der Waals surface area contributed by atoms with Crippen LogP contribution in [0.1, 0.15) is 10.4 Å². The number of carbonyl (C=O) groups excluding carboxylic acids is 2. The van der Waals surface area contributed by atoms with Gasteiger partial charge in [0, 0.05) is 44.8 Å². The highest BCUT2D eigenvalue weighted by Gasteiger charge is 2.28. The van der Waals surface area contributed by atoms with Gasteiger partial charge in [0.1, 0.15) is 12.1 Å². The van der Waals surface area contributed by atoms with Crippen molar-refractivity contribution >= 4 is 11.8 Å². The highest BCUT2D eigenvalue weighted by molar-refractivity contribution is 5.94. The van der Waals surface area contributed by atoms with Gasteiger partial charge in [-0.15, -0.1) is 0 Å². The molecule has 1 atom stereocenters. The molecular formula is C16H20N6O2. The molecule has 2 aromatic heterocycles. The van der Waals surface area contributed by atoms with Crippen molar-refractivity contribution in [2.24, 2.45) is 11.7 Å². The molecule has 1 fully saturated rings. The maximum Gasteiger partial charge on any atom is 0.255 e. The Balaban J connectivity index is 1.76. The van der Waals surface area contributed by atoms with Crippen molar-refractivity contribution in [3.63, 3.8) is 0 Å². The standard InChI is InChI=1S/C16H20N6O2/c1-20-6-7-21(10-13(9-20)15(17)23)16(24)12-2-3-14(19-8-12)22-5-4-18-11-22/h2-5,8,11,13H,6-7,9-10H2,1H3,(H2,17,23)/t13-/m0/s1. The van der Waals surface area contributed by atoms with Crippen LogP contribution in [0.5, 0.6) is 0 Å². The molecule has 126 valence electrons. The summed E-state index contributed by atoms with van der Waals surface area (Å²) < 4.78 is 1.76. The molecule has 0 aliphatic carbocycles. The number of amides is 2. The van der Waals surface area contributed by atoms with Crippen LogP contribution in [0.25, 0.3) is 5.82 Å². The number of carbonyl (C=O) groups is 2. The second-order valence-electron chi connectivity index (χ2n) is 5.99. The van der Waals surface area contributed by atoms with E-state index in [9.17, 15) is 9.59 Å². The van der Waals surface area contributed by atoms with Crippen molar-refractivity contribution in [2.75, 3.05) is 33.2 Å². The number of imidazole rings is 1. The number of nitrogens with two attached hydrogens (primary N) is 1. The summed E-state index contributed by atoms with van der Waals surface area (Å²) in [5.74, 6) is -0.189. The van der Waals surface area contributed by atoms with Gasteiger partial charge in [0.25, 0.3) is 5.91 Å². The number of nitrogens with zero attached hydrogens (tertiary/aromatic N) is 5. The Hall–Kier alpha value is -2.74. The molecule has 0 bridgehead atoms. The Morgan fingerprint density at radius 3 is 2.71 bits per heavy atom. The topological polar surface area (TPSA) is 97.3 Å². The molecule has 0 saturated carbocycles. The summed E-state index contributed by atoms with van der Waals surface area (Å²) in [7, 11) is 1.92. The van der Waals surface area contributed by atoms with E-state index in [1.807, 2.05) is 11.9 Å². The first-order chi connectivity index (χ1) is 11.5. The fourth-order valence-electron chi connectivity index (χ4n) is 2.78. The lowest BCUT2D eigenvalue weighted by Gasteiger charge is -2.22. The van der Waals surface area contributed by atoms with Gasteiger partial charge in [-0.05, 0) is 19.2 Å². The number of pyridine rings is 1. The van der Waals surface area contributed by atoms with Crippen LogP contribution in [0, 0.1) is 5.92 Å². The Kier molecular flexibility index (Phi) is 4.57. The lowest BCUT2D eigenvalue weighted by molar-refractivity contribution is -0.122. The van der Waals surface area contributed by atoms with Crippen LogP contribution in [0.3, 0.4) is 0 Å². The summed E-state index contributed by atoms with van der Waals surface area (Å²) in [6.45, 7) is 2.16. The third-order valence-electron chi connectivity index (χ3n) is 4.18. The number of likely N-dealkylation sites (N-methyl/N-ethyl adjacent to an activating group) is 1. The molecule has 8 nitrogen and oxygen atoms in total. The van der Waals surface area contributed by atoms with Crippen molar-refractivity contribution < 1.29 is 9.59 Å². The molecular weight excluding hydrogens is 308 g/mol. The molecule has 8 heteroatoms. The maximum absolute atomic E-state index is 12.7. The molecule has 2 aromatic rings. The summed E-state index contributed by atoms with van der Waals surface area (Å²) in [6, 6.07) is 3.50. The first kappa shape index (κ1) is 16.1. The second-order valence-corrected chi connectivity index (χ2v) is 5.99. The summed E-state index contributed by atoms with van der Waals surface area (Å²) in [6.07, 6.45) is 6.64. The average Bonchev–Trinajstić information content (AvgIpc) is 3.04. The Morgan fingerprint density at radius 1 is 1.25 bits per heavy atom. The summed E-state index contributed by atoms with van der Waals surface area (Å²) >= 11 is 0. The third-order valence-corrected chi connectivity index (χ3v) is 4.18. The lowest BCUT2D eigenvalue weighted by atomic mass is 10.1. The van der Waals surface area contributed by atoms with Crippen molar-refractivity contribution in [1.29, 1.82) is 0 Å². The van der Waals surface area contributed by atoms with Crippen LogP contribution < -0.4 is 5.73 Å². The van der Waals surface area contributed by atoms with Crippen LogP contribution in [0.2, 0.25) is 0 Å². The number of rotatable bonds is 3. The normalized spacial score (nSPS) is 19.0. The van der Waals surface area contributed by atoms with Gasteiger partial charge in [-0.25, -0.2) is 9.97 Å². The molecule has 1 saturated heterocycles. The zero-order valence-electron chi connectivity index (χ0n) is 13.5. The molecule has 0 radical (unpaired) electrons. The molecule has 0 unspecified atom stereocenters. The molecule has 2 amide bonds. The SMILES string of the molecule is CN1CCN(C(=O)c2ccc(-n3ccnc3)nc2)C[C@@H](C(N)=O)C1. The van der Waals surface area contributed by atoms with Crippen LogP contribution in [-0.2, 0) is 4.79 Å². The fourth-order valence-corrected chi connectivity index (χ4v) is 2.78. The Morgan fingerprint density at radius 2 is 2.08 bits per heavy atom. The highest BCUT2D eigenvalue weighted by Crippen LogP contribution is 2.13. The van der Waals surface area contributed by atoms with E-state index in [0.29, 0.717) is 37.6 Å². The van der Waals surface area contributed by atoms with Gasteiger partial charge in [0.2, 0.25) is 5.91 Å². The van der Waals surface area contributed by atoms with Crippen molar-refractivity contribution in [3.8, 4) is 5.82 Å². The summed E-state index contributed by atoms with van der Waals surface area (Å²) in [5, 5.41) is 0. The molecule has 0 aromatic carbocycles. The number of aromatic nitrogens is 3. The predicted molar refractivity (Wildman–Crippen MR) is 87.4 cm³/mol. The minimum absolute atomic E-state index is 0.138. The quantitative estimate of drug-likeness (QED) is 0.838. The maximum atomic E-state index is 12.7. The first-order valence-electron chi connectivity index (χ1n) is 7.76. The second kappa shape index (κ2) is 6.79. The molecule has 2 N–H and O–H groups in total. The van der Waals surface area contributed by atoms with E-state index in [0.717, 1.165) is 0 Å². The monoisotopic (exact) mass is 328 g/mol. The van der Waals surface area contributed by atoms with Crippen molar-refractivity contribution in [1.82, 2.24) is 24.3 Å². The minimum Gasteiger partial charge on any atom is -0.369 e. The van der Waals surface area contributed by atoms with E-state index in [-0.39, 0.29) is 17.7 Å². The number of hydrogen-bond acceptors (Lipinski definition) is 5. The average molecular weight is 328 g/mol. The minimum atomic E-state index is -0.380. The molecule has 0 spiro atoms. The van der Waals surface area contributed by atoms with Gasteiger partial charge < -0.3 is 15.5 Å². The molecule has 1 aliphatic rings. The lowest BCUT2D eigenvalue weighted by Crippen LogP contribution is -2.40. The van der Waals surface area contributed by atoms with E-state index >= 15 is 0 Å². The fraction of sp³-hybridized carbons (Fsp3) is 0.375. The van der Waals surface area contributed by atoms with Crippen LogP contribution in [0.4, 0.5) is 0 Å². The van der Waals surface area contributed by atoms with E-state index in [4.69, 9.17) is 5.73 Å². The Labute approximate surface area is 139 Å². The highest BCUT2D eigenvalue weighted by atomic mass is 16.2. The summed E-state index contributed by atoms with van der Waals surface area (Å²) in [5.41, 5.74) is 5.94. The van der Waals surface area contributed by atoms with Gasteiger partial charge in [0.15, 0.2) is 0 Å². The van der Waals surface area contributed by atoms with E-state index < -0.39 is 0 Å². The van der Waals surface area contributed by atoms with Gasteiger partial charge in [-0.3, -0.25) is 14.2 Å². The molecule has 24 heavy (non-hydrogen) atoms. The van der Waals surface area contributed by atoms with Crippen LogP contribution >= 0.6 is 0 Å². The van der Waals surface area contributed by atoms with Crippen LogP contribution in [0.15, 0.2) is 37.1 Å². The van der Waals surface area contributed by atoms with Crippen molar-refractivity contribution in [2.45, 2.75) is 0 Å². The van der Waals surface area contributed by atoms with Crippen LogP contribution in [-0.4, -0.2) is 69.4 Å². The van der Waals surface area contributed by atoms with Gasteiger partial charge in [-0.2, -0.15) is 0 Å². The molecule has 3 rings (SSSR count). The smallest absolute Gasteiger partial charge is 0.255 e. The zero-order valence-corrected chi connectivity index (χ0v) is 13.5. The molecule has 3 heterocycles. The van der Waals surface area contributed by atoms with Gasteiger partial charge in [-0.1, -0.05) is 0 Å². The summed E-state index contributed by atoms with van der Waals surface area (Å²) in [4.78, 5) is 36.3. The number of primary amides is 1.